The van der Waals surface area contributed by atoms with Crippen molar-refractivity contribution in [2.75, 3.05) is 10.6 Å². The molecule has 30 heavy (non-hydrogen) atoms. The van der Waals surface area contributed by atoms with Gasteiger partial charge in [0, 0.05) is 23.5 Å². The van der Waals surface area contributed by atoms with Gasteiger partial charge in [-0.05, 0) is 55.8 Å². The first kappa shape index (κ1) is 19.3. The highest BCUT2D eigenvalue weighted by molar-refractivity contribution is 6.00. The van der Waals surface area contributed by atoms with E-state index < -0.39 is 5.82 Å². The van der Waals surface area contributed by atoms with E-state index in [1.165, 1.54) is 6.08 Å². The van der Waals surface area contributed by atoms with Gasteiger partial charge in [-0.15, -0.1) is 0 Å². The van der Waals surface area contributed by atoms with E-state index in [2.05, 4.69) is 32.2 Å². The summed E-state index contributed by atoms with van der Waals surface area (Å²) in [6, 6.07) is 9.03. The summed E-state index contributed by atoms with van der Waals surface area (Å²) in [4.78, 5) is 24.2. The van der Waals surface area contributed by atoms with Crippen molar-refractivity contribution in [3.63, 3.8) is 0 Å². The molecule has 4 rings (SSSR count). The second-order valence-corrected chi connectivity index (χ2v) is 6.73. The van der Waals surface area contributed by atoms with Crippen LogP contribution in [0, 0.1) is 19.7 Å². The summed E-state index contributed by atoms with van der Waals surface area (Å²) in [5, 5.41) is 6.68. The number of nitrogens with one attached hydrogen (secondary N) is 2. The summed E-state index contributed by atoms with van der Waals surface area (Å²) in [7, 11) is 0. The number of aromatic nitrogens is 4. The number of aryl methyl sites for hydroxylation is 2. The van der Waals surface area contributed by atoms with E-state index in [1.54, 1.807) is 35.2 Å². The van der Waals surface area contributed by atoms with Crippen molar-refractivity contribution in [1.82, 2.24) is 19.5 Å². The minimum absolute atomic E-state index is 0.120. The zero-order valence-corrected chi connectivity index (χ0v) is 16.5. The molecule has 150 valence electrons. The number of anilines is 3. The molecule has 0 aliphatic carbocycles. The number of carbonyl (C=O) groups is 1. The molecule has 0 aliphatic heterocycles. The Morgan fingerprint density at radius 3 is 2.83 bits per heavy atom. The van der Waals surface area contributed by atoms with Crippen LogP contribution in [0.2, 0.25) is 0 Å². The maximum Gasteiger partial charge on any atom is 0.247 e. The van der Waals surface area contributed by atoms with Gasteiger partial charge >= 0.3 is 0 Å². The number of hydrogen-bond donors (Lipinski definition) is 2. The molecule has 0 atom stereocenters. The van der Waals surface area contributed by atoms with Crippen molar-refractivity contribution in [2.45, 2.75) is 13.8 Å². The van der Waals surface area contributed by atoms with Gasteiger partial charge in [-0.1, -0.05) is 6.58 Å². The average Bonchev–Trinajstić information content (AvgIpc) is 3.07. The average molecular weight is 402 g/mol. The molecule has 3 heterocycles. The fourth-order valence-corrected chi connectivity index (χ4v) is 3.17. The van der Waals surface area contributed by atoms with Crippen LogP contribution < -0.4 is 10.6 Å². The van der Waals surface area contributed by atoms with E-state index in [-0.39, 0.29) is 17.7 Å². The molecular formula is C22H19FN6O. The van der Waals surface area contributed by atoms with Gasteiger partial charge in [-0.3, -0.25) is 14.3 Å². The molecule has 0 aliphatic rings. The maximum atomic E-state index is 14.7. The van der Waals surface area contributed by atoms with Gasteiger partial charge in [-0.2, -0.15) is 4.98 Å². The predicted molar refractivity (Wildman–Crippen MR) is 115 cm³/mol. The lowest BCUT2D eigenvalue weighted by molar-refractivity contribution is -0.111. The van der Waals surface area contributed by atoms with Crippen LogP contribution in [0.1, 0.15) is 11.3 Å². The number of pyridine rings is 1. The Bertz CT molecular complexity index is 1280. The number of rotatable bonds is 5. The van der Waals surface area contributed by atoms with Gasteiger partial charge < -0.3 is 10.6 Å². The zero-order valence-electron chi connectivity index (χ0n) is 16.5. The van der Waals surface area contributed by atoms with Crippen molar-refractivity contribution in [3.8, 4) is 5.82 Å². The molecule has 7 nitrogen and oxygen atoms in total. The number of amides is 1. The van der Waals surface area contributed by atoms with Gasteiger partial charge in [0.05, 0.1) is 23.1 Å². The third kappa shape index (κ3) is 3.62. The van der Waals surface area contributed by atoms with Crippen LogP contribution in [-0.2, 0) is 4.79 Å². The first-order valence-corrected chi connectivity index (χ1v) is 9.23. The van der Waals surface area contributed by atoms with E-state index in [4.69, 9.17) is 0 Å². The van der Waals surface area contributed by atoms with Crippen molar-refractivity contribution in [1.29, 1.82) is 0 Å². The van der Waals surface area contributed by atoms with Crippen LogP contribution in [0.5, 0.6) is 0 Å². The van der Waals surface area contributed by atoms with Crippen molar-refractivity contribution >= 4 is 34.1 Å². The Morgan fingerprint density at radius 2 is 2.07 bits per heavy atom. The summed E-state index contributed by atoms with van der Waals surface area (Å²) in [5.41, 5.74) is 3.82. The molecule has 1 aromatic carbocycles. The summed E-state index contributed by atoms with van der Waals surface area (Å²) in [6.07, 6.45) is 5.83. The monoisotopic (exact) mass is 402 g/mol. The van der Waals surface area contributed by atoms with Gasteiger partial charge in [0.15, 0.2) is 11.6 Å². The number of hydrogen-bond acceptors (Lipinski definition) is 5. The van der Waals surface area contributed by atoms with E-state index in [9.17, 15) is 9.18 Å². The maximum absolute atomic E-state index is 14.7. The van der Waals surface area contributed by atoms with Crippen LogP contribution in [0.3, 0.4) is 0 Å². The van der Waals surface area contributed by atoms with Crippen LogP contribution in [0.15, 0.2) is 61.6 Å². The Morgan fingerprint density at radius 1 is 1.23 bits per heavy atom. The van der Waals surface area contributed by atoms with Crippen LogP contribution in [0.4, 0.5) is 21.7 Å². The highest BCUT2D eigenvalue weighted by Crippen LogP contribution is 2.28. The highest BCUT2D eigenvalue weighted by atomic mass is 19.1. The van der Waals surface area contributed by atoms with E-state index in [1.807, 2.05) is 26.0 Å². The molecule has 1 amide bonds. The SMILES string of the molecule is C=CC(=O)Nc1ccc2c(c1)c(C)cn2-c1nc(Nc2cccnc2C)ncc1F. The minimum Gasteiger partial charge on any atom is -0.323 e. The summed E-state index contributed by atoms with van der Waals surface area (Å²) in [6.45, 7) is 7.22. The molecule has 0 saturated carbocycles. The lowest BCUT2D eigenvalue weighted by Crippen LogP contribution is -2.07. The molecule has 4 aromatic rings. The molecular weight excluding hydrogens is 383 g/mol. The Balaban J connectivity index is 1.75. The number of fused-ring (bicyclic) bond motifs is 1. The summed E-state index contributed by atoms with van der Waals surface area (Å²) >= 11 is 0. The topological polar surface area (TPSA) is 84.7 Å². The normalized spacial score (nSPS) is 10.8. The smallest absolute Gasteiger partial charge is 0.247 e. The third-order valence-corrected chi connectivity index (χ3v) is 4.66. The van der Waals surface area contributed by atoms with Gasteiger partial charge in [0.2, 0.25) is 11.9 Å². The first-order valence-electron chi connectivity index (χ1n) is 9.23. The lowest BCUT2D eigenvalue weighted by Gasteiger charge is -2.10. The zero-order chi connectivity index (χ0) is 21.3. The second-order valence-electron chi connectivity index (χ2n) is 6.73. The van der Waals surface area contributed by atoms with Crippen LogP contribution >= 0.6 is 0 Å². The van der Waals surface area contributed by atoms with Crippen molar-refractivity contribution in [2.24, 2.45) is 0 Å². The molecule has 0 unspecified atom stereocenters. The van der Waals surface area contributed by atoms with Crippen molar-refractivity contribution in [3.05, 3.63) is 78.7 Å². The van der Waals surface area contributed by atoms with E-state index in [0.717, 1.165) is 34.0 Å². The Kier molecular flexibility index (Phi) is 4.97. The summed E-state index contributed by atoms with van der Waals surface area (Å²) in [5.74, 6) is -0.467. The molecule has 2 N–H and O–H groups in total. The minimum atomic E-state index is -0.551. The number of nitrogens with zero attached hydrogens (tertiary/aromatic N) is 4. The van der Waals surface area contributed by atoms with E-state index in [0.29, 0.717) is 5.69 Å². The fourth-order valence-electron chi connectivity index (χ4n) is 3.17. The predicted octanol–water partition coefficient (Wildman–Crippen LogP) is 4.44. The molecule has 8 heteroatoms. The molecule has 0 bridgehead atoms. The number of halogens is 1. The van der Waals surface area contributed by atoms with Gasteiger partial charge in [0.25, 0.3) is 0 Å². The van der Waals surface area contributed by atoms with Gasteiger partial charge in [0.1, 0.15) is 0 Å². The first-order chi connectivity index (χ1) is 14.5. The standard InChI is InChI=1S/C22H19FN6O/c1-4-20(30)26-15-7-8-19-16(10-15)13(2)12-29(19)21-17(23)11-25-22(28-21)27-18-6-5-9-24-14(18)3/h4-12H,1H2,2-3H3,(H,26,30)(H,25,27,28). The second kappa shape index (κ2) is 7.75. The fraction of sp³-hybridized carbons (Fsp3) is 0.0909. The van der Waals surface area contributed by atoms with Gasteiger partial charge in [-0.25, -0.2) is 9.37 Å². The highest BCUT2D eigenvalue weighted by Gasteiger charge is 2.15. The molecule has 3 aromatic heterocycles. The lowest BCUT2D eigenvalue weighted by atomic mass is 10.2. The van der Waals surface area contributed by atoms with Crippen molar-refractivity contribution < 1.29 is 9.18 Å². The molecule has 0 spiro atoms. The Hall–Kier alpha value is -4.07. The summed E-state index contributed by atoms with van der Waals surface area (Å²) < 4.78 is 16.3. The molecule has 0 saturated heterocycles. The van der Waals surface area contributed by atoms with Crippen LogP contribution in [-0.4, -0.2) is 25.4 Å². The number of benzene rings is 1. The molecule has 0 fully saturated rings. The Labute approximate surface area is 172 Å². The van der Waals surface area contributed by atoms with Crippen LogP contribution in [0.25, 0.3) is 16.7 Å². The largest absolute Gasteiger partial charge is 0.323 e. The number of carbonyl (C=O) groups excluding carboxylic acids is 1. The molecule has 0 radical (unpaired) electrons. The third-order valence-electron chi connectivity index (χ3n) is 4.66. The van der Waals surface area contributed by atoms with E-state index >= 15 is 0 Å². The quantitative estimate of drug-likeness (QED) is 0.482.